The molecule has 0 aliphatic rings. The standard InChI is InChI=1S/C11H8BrClN2O2/c1-2-7(6-14)11(13)8-3-9(12)5-10(4-8)15(16)17/h3-5H,2H2,1H3/b11-7-. The maximum absolute atomic E-state index is 10.7. The Morgan fingerprint density at radius 3 is 2.71 bits per heavy atom. The van der Waals surface area contributed by atoms with Crippen molar-refractivity contribution in [2.24, 2.45) is 0 Å². The largest absolute Gasteiger partial charge is 0.271 e. The van der Waals surface area contributed by atoms with Gasteiger partial charge in [-0.2, -0.15) is 5.26 Å². The Hall–Kier alpha value is -1.38. The number of allylic oxidation sites excluding steroid dienone is 1. The Bertz CT molecular complexity index is 535. The smallest absolute Gasteiger partial charge is 0.258 e. The van der Waals surface area contributed by atoms with Crippen molar-refractivity contribution in [1.82, 2.24) is 0 Å². The van der Waals surface area contributed by atoms with E-state index in [0.29, 0.717) is 22.0 Å². The lowest BCUT2D eigenvalue weighted by Crippen LogP contribution is -1.91. The van der Waals surface area contributed by atoms with Gasteiger partial charge in [-0.25, -0.2) is 0 Å². The van der Waals surface area contributed by atoms with E-state index in [1.54, 1.807) is 13.0 Å². The Morgan fingerprint density at radius 1 is 1.59 bits per heavy atom. The Morgan fingerprint density at radius 2 is 2.24 bits per heavy atom. The second-order valence-electron chi connectivity index (χ2n) is 3.21. The van der Waals surface area contributed by atoms with Crippen molar-refractivity contribution in [3.05, 3.63) is 43.9 Å². The number of hydrogen-bond acceptors (Lipinski definition) is 3. The van der Waals surface area contributed by atoms with E-state index in [-0.39, 0.29) is 10.7 Å². The van der Waals surface area contributed by atoms with Crippen molar-refractivity contribution < 1.29 is 4.92 Å². The van der Waals surface area contributed by atoms with E-state index in [0.717, 1.165) is 0 Å². The number of nitriles is 1. The van der Waals surface area contributed by atoms with Crippen molar-refractivity contribution >= 4 is 38.3 Å². The fourth-order valence-electron chi connectivity index (χ4n) is 1.26. The number of halogens is 2. The lowest BCUT2D eigenvalue weighted by molar-refractivity contribution is -0.384. The van der Waals surface area contributed by atoms with Gasteiger partial charge in [0.05, 0.1) is 16.0 Å². The van der Waals surface area contributed by atoms with E-state index >= 15 is 0 Å². The molecular weight excluding hydrogens is 307 g/mol. The first-order valence-corrected chi connectivity index (χ1v) is 5.90. The van der Waals surface area contributed by atoms with E-state index < -0.39 is 4.92 Å². The van der Waals surface area contributed by atoms with Gasteiger partial charge in [0.1, 0.15) is 0 Å². The molecule has 0 aliphatic carbocycles. The van der Waals surface area contributed by atoms with Crippen LogP contribution >= 0.6 is 27.5 Å². The number of nitro benzene ring substituents is 1. The summed E-state index contributed by atoms with van der Waals surface area (Å²) in [4.78, 5) is 10.2. The zero-order valence-electron chi connectivity index (χ0n) is 8.91. The normalized spacial score (nSPS) is 11.6. The first-order valence-electron chi connectivity index (χ1n) is 4.73. The average molecular weight is 316 g/mol. The lowest BCUT2D eigenvalue weighted by atomic mass is 10.1. The van der Waals surface area contributed by atoms with Crippen LogP contribution in [0.15, 0.2) is 28.2 Å². The molecule has 1 aromatic carbocycles. The molecule has 1 rings (SSSR count). The highest BCUT2D eigenvalue weighted by molar-refractivity contribution is 9.10. The van der Waals surface area contributed by atoms with Crippen LogP contribution in [0.25, 0.3) is 5.03 Å². The summed E-state index contributed by atoms with van der Waals surface area (Å²) in [5, 5.41) is 19.8. The number of hydrogen-bond donors (Lipinski definition) is 0. The quantitative estimate of drug-likeness (QED) is 0.476. The summed E-state index contributed by atoms with van der Waals surface area (Å²) in [6.07, 6.45) is 0.482. The fourth-order valence-corrected chi connectivity index (χ4v) is 2.03. The molecule has 0 atom stereocenters. The minimum atomic E-state index is -0.504. The summed E-state index contributed by atoms with van der Waals surface area (Å²) in [5.74, 6) is 0. The molecule has 0 aliphatic heterocycles. The predicted octanol–water partition coefficient (Wildman–Crippen LogP) is 4.24. The second kappa shape index (κ2) is 5.80. The summed E-state index contributed by atoms with van der Waals surface area (Å²) in [6.45, 7) is 1.80. The van der Waals surface area contributed by atoms with Crippen LogP contribution < -0.4 is 0 Å². The Kier molecular flexibility index (Phi) is 4.67. The molecule has 0 radical (unpaired) electrons. The first kappa shape index (κ1) is 13.7. The average Bonchev–Trinajstić information content (AvgIpc) is 2.29. The van der Waals surface area contributed by atoms with Crippen LogP contribution in [0.3, 0.4) is 0 Å². The fraction of sp³-hybridized carbons (Fsp3) is 0.182. The van der Waals surface area contributed by atoms with Crippen LogP contribution in [-0.2, 0) is 0 Å². The molecule has 88 valence electrons. The molecule has 0 N–H and O–H groups in total. The maximum Gasteiger partial charge on any atom is 0.271 e. The molecule has 0 amide bonds. The molecular formula is C11H8BrClN2O2. The molecule has 0 saturated heterocycles. The van der Waals surface area contributed by atoms with Gasteiger partial charge in [-0.15, -0.1) is 0 Å². The molecule has 4 nitrogen and oxygen atoms in total. The van der Waals surface area contributed by atoms with Gasteiger partial charge in [0.25, 0.3) is 5.69 Å². The number of benzene rings is 1. The topological polar surface area (TPSA) is 66.9 Å². The number of nitrogens with zero attached hydrogens (tertiary/aromatic N) is 2. The van der Waals surface area contributed by atoms with Crippen molar-refractivity contribution in [2.45, 2.75) is 13.3 Å². The molecule has 1 aromatic rings. The molecule has 0 fully saturated rings. The SMILES string of the molecule is CC/C(C#N)=C(/Cl)c1cc(Br)cc([N+](=O)[O-])c1. The summed E-state index contributed by atoms with van der Waals surface area (Å²) in [6, 6.07) is 6.35. The first-order chi connectivity index (χ1) is 7.99. The zero-order chi connectivity index (χ0) is 13.0. The van der Waals surface area contributed by atoms with Crippen LogP contribution in [0.4, 0.5) is 5.69 Å². The zero-order valence-corrected chi connectivity index (χ0v) is 11.2. The van der Waals surface area contributed by atoms with Crippen molar-refractivity contribution in [2.75, 3.05) is 0 Å². The summed E-state index contributed by atoms with van der Waals surface area (Å²) >= 11 is 9.21. The minimum absolute atomic E-state index is 0.0686. The number of non-ortho nitro benzene ring substituents is 1. The van der Waals surface area contributed by atoms with Gasteiger partial charge in [-0.3, -0.25) is 10.1 Å². The highest BCUT2D eigenvalue weighted by atomic mass is 79.9. The van der Waals surface area contributed by atoms with Crippen molar-refractivity contribution in [1.29, 1.82) is 5.26 Å². The third kappa shape index (κ3) is 3.29. The summed E-state index contributed by atoms with van der Waals surface area (Å²) in [5.41, 5.74) is 0.797. The van der Waals surface area contributed by atoms with Gasteiger partial charge >= 0.3 is 0 Å². The molecule has 0 saturated carbocycles. The lowest BCUT2D eigenvalue weighted by Gasteiger charge is -2.03. The molecule has 0 aromatic heterocycles. The minimum Gasteiger partial charge on any atom is -0.258 e. The third-order valence-electron chi connectivity index (χ3n) is 2.10. The van der Waals surface area contributed by atoms with Crippen LogP contribution in [0.1, 0.15) is 18.9 Å². The molecule has 0 unspecified atom stereocenters. The number of nitro groups is 1. The molecule has 17 heavy (non-hydrogen) atoms. The Balaban J connectivity index is 3.38. The van der Waals surface area contributed by atoms with E-state index in [9.17, 15) is 10.1 Å². The molecule has 0 spiro atoms. The van der Waals surface area contributed by atoms with Crippen LogP contribution in [-0.4, -0.2) is 4.92 Å². The van der Waals surface area contributed by atoms with E-state index in [1.807, 2.05) is 6.07 Å². The van der Waals surface area contributed by atoms with E-state index in [2.05, 4.69) is 15.9 Å². The second-order valence-corrected chi connectivity index (χ2v) is 4.51. The predicted molar refractivity (Wildman–Crippen MR) is 69.5 cm³/mol. The van der Waals surface area contributed by atoms with Gasteiger partial charge in [0.15, 0.2) is 0 Å². The number of rotatable bonds is 3. The van der Waals surface area contributed by atoms with E-state index in [1.165, 1.54) is 12.1 Å². The van der Waals surface area contributed by atoms with Gasteiger partial charge < -0.3 is 0 Å². The van der Waals surface area contributed by atoms with Crippen molar-refractivity contribution in [3.63, 3.8) is 0 Å². The molecule has 0 bridgehead atoms. The van der Waals surface area contributed by atoms with Crippen molar-refractivity contribution in [3.8, 4) is 6.07 Å². The highest BCUT2D eigenvalue weighted by Crippen LogP contribution is 2.30. The van der Waals surface area contributed by atoms with Gasteiger partial charge in [0, 0.05) is 27.7 Å². The van der Waals surface area contributed by atoms with E-state index in [4.69, 9.17) is 16.9 Å². The van der Waals surface area contributed by atoms with Crippen LogP contribution in [0.5, 0.6) is 0 Å². The van der Waals surface area contributed by atoms with Gasteiger partial charge in [-0.05, 0) is 12.5 Å². The molecule has 0 heterocycles. The summed E-state index contributed by atoms with van der Waals surface area (Å²) < 4.78 is 0.549. The molecule has 6 heteroatoms. The van der Waals surface area contributed by atoms with Crippen LogP contribution in [0.2, 0.25) is 0 Å². The Labute approximate surface area is 112 Å². The maximum atomic E-state index is 10.7. The van der Waals surface area contributed by atoms with Gasteiger partial charge in [0.2, 0.25) is 0 Å². The monoisotopic (exact) mass is 314 g/mol. The highest BCUT2D eigenvalue weighted by Gasteiger charge is 2.12. The summed E-state index contributed by atoms with van der Waals surface area (Å²) in [7, 11) is 0. The third-order valence-corrected chi connectivity index (χ3v) is 3.00. The van der Waals surface area contributed by atoms with Gasteiger partial charge in [-0.1, -0.05) is 34.5 Å². The van der Waals surface area contributed by atoms with Crippen LogP contribution in [0, 0.1) is 21.4 Å².